The number of amides is 2. The summed E-state index contributed by atoms with van der Waals surface area (Å²) in [6, 6.07) is 14.2. The van der Waals surface area contributed by atoms with Crippen LogP contribution in [0.5, 0.6) is 0 Å². The van der Waals surface area contributed by atoms with Gasteiger partial charge < -0.3 is 14.7 Å². The van der Waals surface area contributed by atoms with Gasteiger partial charge >= 0.3 is 6.03 Å². The maximum Gasteiger partial charge on any atom is 0.326 e. The number of benzene rings is 2. The fourth-order valence-electron chi connectivity index (χ4n) is 3.35. The number of nitrogens with zero attached hydrogens (tertiary/aromatic N) is 3. The molecule has 7 nitrogen and oxygen atoms in total. The number of hydrogen-bond donors (Lipinski definition) is 1. The van der Waals surface area contributed by atoms with E-state index in [0.29, 0.717) is 48.6 Å². The molecule has 166 valence electrons. The lowest BCUT2D eigenvalue weighted by Crippen LogP contribution is -2.48. The van der Waals surface area contributed by atoms with E-state index in [2.05, 4.69) is 0 Å². The van der Waals surface area contributed by atoms with Gasteiger partial charge in [-0.15, -0.1) is 11.3 Å². The van der Waals surface area contributed by atoms with Gasteiger partial charge in [0.25, 0.3) is 0 Å². The summed E-state index contributed by atoms with van der Waals surface area (Å²) in [6.07, 6.45) is 0. The quantitative estimate of drug-likeness (QED) is 0.547. The number of urea groups is 1. The molecule has 1 saturated heterocycles. The first kappa shape index (κ1) is 22.4. The van der Waals surface area contributed by atoms with E-state index in [1.165, 1.54) is 11.3 Å². The molecule has 0 bridgehead atoms. The number of ketones is 1. The molecule has 0 unspecified atom stereocenters. The van der Waals surface area contributed by atoms with E-state index in [1.54, 1.807) is 34.1 Å². The van der Waals surface area contributed by atoms with Crippen molar-refractivity contribution in [3.05, 3.63) is 70.1 Å². The van der Waals surface area contributed by atoms with Crippen LogP contribution in [0.3, 0.4) is 0 Å². The number of hydrogen-bond acceptors (Lipinski definition) is 6. The summed E-state index contributed by atoms with van der Waals surface area (Å²) in [4.78, 5) is 33.2. The van der Waals surface area contributed by atoms with Gasteiger partial charge in [-0.25, -0.2) is 9.78 Å². The number of carbonyl (C=O) groups is 2. The molecule has 3 aromatic rings. The van der Waals surface area contributed by atoms with E-state index in [1.807, 2.05) is 29.6 Å². The summed E-state index contributed by atoms with van der Waals surface area (Å²) < 4.78 is 5.38. The molecular formula is C23H22ClN3O4S. The van der Waals surface area contributed by atoms with Crippen molar-refractivity contribution in [3.8, 4) is 11.3 Å². The fraction of sp³-hybridized carbons (Fsp3) is 0.261. The molecule has 2 aromatic carbocycles. The van der Waals surface area contributed by atoms with E-state index < -0.39 is 6.61 Å². The Morgan fingerprint density at radius 1 is 1.09 bits per heavy atom. The van der Waals surface area contributed by atoms with Gasteiger partial charge in [0.2, 0.25) is 0 Å². The third-order valence-electron chi connectivity index (χ3n) is 5.14. The minimum Gasteiger partial charge on any atom is -0.388 e. The number of halogens is 1. The standard InChI is InChI=1S/C23H22ClN3O4S/c24-19-7-5-17(6-8-19)20-15-32-22(25-20)27(23(30)26-9-11-31-12-10-26)13-16-1-3-18(4-2-16)21(29)14-28/h1-8,15,28H,9-14H2. The van der Waals surface area contributed by atoms with Crippen LogP contribution in [0.1, 0.15) is 15.9 Å². The van der Waals surface area contributed by atoms with Crippen molar-refractivity contribution >= 4 is 39.9 Å². The molecular weight excluding hydrogens is 450 g/mol. The Morgan fingerprint density at radius 2 is 1.78 bits per heavy atom. The summed E-state index contributed by atoms with van der Waals surface area (Å²) in [5.74, 6) is -0.342. The number of morpholine rings is 1. The molecule has 0 aliphatic carbocycles. The Bertz CT molecular complexity index is 1080. The van der Waals surface area contributed by atoms with Crippen LogP contribution >= 0.6 is 22.9 Å². The molecule has 0 atom stereocenters. The van der Waals surface area contributed by atoms with Crippen molar-refractivity contribution in [2.24, 2.45) is 0 Å². The van der Waals surface area contributed by atoms with Crippen molar-refractivity contribution in [3.63, 3.8) is 0 Å². The van der Waals surface area contributed by atoms with Gasteiger partial charge in [0.15, 0.2) is 10.9 Å². The third kappa shape index (κ3) is 5.16. The highest BCUT2D eigenvalue weighted by molar-refractivity contribution is 7.14. The molecule has 1 aromatic heterocycles. The molecule has 0 radical (unpaired) electrons. The van der Waals surface area contributed by atoms with Crippen LogP contribution in [-0.4, -0.2) is 59.7 Å². The zero-order valence-corrected chi connectivity index (χ0v) is 18.8. The van der Waals surface area contributed by atoms with Crippen LogP contribution in [0.4, 0.5) is 9.93 Å². The highest BCUT2D eigenvalue weighted by Gasteiger charge is 2.26. The predicted octanol–water partition coefficient (Wildman–Crippen LogP) is 4.10. The SMILES string of the molecule is O=C(CO)c1ccc(CN(C(=O)N2CCOCC2)c2nc(-c3ccc(Cl)cc3)cs2)cc1. The number of Topliss-reactive ketones (excluding diaryl/α,β-unsaturated/α-hetero) is 1. The van der Waals surface area contributed by atoms with E-state index >= 15 is 0 Å². The summed E-state index contributed by atoms with van der Waals surface area (Å²) in [6.45, 7) is 1.82. The summed E-state index contributed by atoms with van der Waals surface area (Å²) >= 11 is 7.39. The molecule has 9 heteroatoms. The van der Waals surface area contributed by atoms with E-state index in [0.717, 1.165) is 16.8 Å². The zero-order chi connectivity index (χ0) is 22.5. The molecule has 4 rings (SSSR count). The van der Waals surface area contributed by atoms with Crippen LogP contribution in [0.25, 0.3) is 11.3 Å². The van der Waals surface area contributed by atoms with Crippen LogP contribution in [0, 0.1) is 0 Å². The second-order valence-electron chi connectivity index (χ2n) is 7.27. The number of aliphatic hydroxyl groups excluding tert-OH is 1. The van der Waals surface area contributed by atoms with E-state index in [-0.39, 0.29) is 11.8 Å². The predicted molar refractivity (Wildman–Crippen MR) is 124 cm³/mol. The largest absolute Gasteiger partial charge is 0.388 e. The van der Waals surface area contributed by atoms with Gasteiger partial charge in [-0.3, -0.25) is 9.69 Å². The molecule has 1 N–H and O–H groups in total. The average molecular weight is 472 g/mol. The van der Waals surface area contributed by atoms with Crippen LogP contribution in [0.15, 0.2) is 53.9 Å². The van der Waals surface area contributed by atoms with Crippen molar-refractivity contribution in [2.45, 2.75) is 6.54 Å². The first-order valence-corrected chi connectivity index (χ1v) is 11.4. The number of anilines is 1. The Morgan fingerprint density at radius 3 is 2.44 bits per heavy atom. The maximum absolute atomic E-state index is 13.4. The van der Waals surface area contributed by atoms with Crippen LogP contribution < -0.4 is 4.90 Å². The smallest absolute Gasteiger partial charge is 0.326 e. The normalized spacial score (nSPS) is 13.8. The monoisotopic (exact) mass is 471 g/mol. The highest BCUT2D eigenvalue weighted by Crippen LogP contribution is 2.30. The third-order valence-corrected chi connectivity index (χ3v) is 6.25. The Balaban J connectivity index is 1.61. The molecule has 32 heavy (non-hydrogen) atoms. The topological polar surface area (TPSA) is 83.0 Å². The van der Waals surface area contributed by atoms with Gasteiger partial charge in [0.05, 0.1) is 25.5 Å². The maximum atomic E-state index is 13.4. The molecule has 0 spiro atoms. The molecule has 1 fully saturated rings. The molecule has 2 amide bonds. The molecule has 0 saturated carbocycles. The minimum atomic E-state index is -0.534. The molecule has 2 heterocycles. The molecule has 1 aliphatic heterocycles. The highest BCUT2D eigenvalue weighted by atomic mass is 35.5. The van der Waals surface area contributed by atoms with Gasteiger partial charge in [0, 0.05) is 34.6 Å². The van der Waals surface area contributed by atoms with E-state index in [9.17, 15) is 9.59 Å². The van der Waals surface area contributed by atoms with Gasteiger partial charge in [-0.05, 0) is 17.7 Å². The summed E-state index contributed by atoms with van der Waals surface area (Å²) in [5.41, 5.74) is 2.97. The second kappa shape index (κ2) is 10.2. The van der Waals surface area contributed by atoms with E-state index in [4.69, 9.17) is 26.4 Å². The number of ether oxygens (including phenoxy) is 1. The lowest BCUT2D eigenvalue weighted by molar-refractivity contribution is 0.0548. The van der Waals surface area contributed by atoms with Crippen molar-refractivity contribution in [1.29, 1.82) is 0 Å². The number of aromatic nitrogens is 1. The Labute approximate surface area is 194 Å². The van der Waals surface area contributed by atoms with Crippen LogP contribution in [0.2, 0.25) is 5.02 Å². The molecule has 1 aliphatic rings. The van der Waals surface area contributed by atoms with Gasteiger partial charge in [0.1, 0.15) is 6.61 Å². The van der Waals surface area contributed by atoms with Crippen LogP contribution in [-0.2, 0) is 11.3 Å². The van der Waals surface area contributed by atoms with Crippen molar-refractivity contribution < 1.29 is 19.4 Å². The Kier molecular flexibility index (Phi) is 7.16. The lowest BCUT2D eigenvalue weighted by Gasteiger charge is -2.31. The lowest BCUT2D eigenvalue weighted by atomic mass is 10.1. The first-order chi connectivity index (χ1) is 15.5. The number of aliphatic hydroxyl groups is 1. The first-order valence-electron chi connectivity index (χ1n) is 10.1. The van der Waals surface area contributed by atoms with Crippen molar-refractivity contribution in [2.75, 3.05) is 37.8 Å². The number of rotatable bonds is 6. The summed E-state index contributed by atoms with van der Waals surface area (Å²) in [7, 11) is 0. The average Bonchev–Trinajstić information content (AvgIpc) is 3.33. The fourth-order valence-corrected chi connectivity index (χ4v) is 4.31. The Hall–Kier alpha value is -2.78. The number of thiazole rings is 1. The van der Waals surface area contributed by atoms with Crippen molar-refractivity contribution in [1.82, 2.24) is 9.88 Å². The second-order valence-corrected chi connectivity index (χ2v) is 8.54. The summed E-state index contributed by atoms with van der Waals surface area (Å²) in [5, 5.41) is 12.2. The minimum absolute atomic E-state index is 0.138. The van der Waals surface area contributed by atoms with Gasteiger partial charge in [-0.2, -0.15) is 0 Å². The zero-order valence-electron chi connectivity index (χ0n) is 17.2. The van der Waals surface area contributed by atoms with Gasteiger partial charge in [-0.1, -0.05) is 48.0 Å². The number of carbonyl (C=O) groups excluding carboxylic acids is 2.